The highest BCUT2D eigenvalue weighted by molar-refractivity contribution is 6.37. The fourth-order valence-corrected chi connectivity index (χ4v) is 0.113. The van der Waals surface area contributed by atoms with Crippen LogP contribution in [0.3, 0.4) is 0 Å². The van der Waals surface area contributed by atoms with Gasteiger partial charge in [-0.15, -0.1) is 0 Å². The molecule has 0 saturated carbocycles. The monoisotopic (exact) mass is 70.0 g/mol. The van der Waals surface area contributed by atoms with Gasteiger partial charge in [-0.1, -0.05) is 0 Å². The van der Waals surface area contributed by atoms with Crippen LogP contribution in [-0.2, 0) is 14.2 Å². The molecule has 0 aliphatic carbocycles. The predicted molar refractivity (Wildman–Crippen MR) is 14.8 cm³/mol. The number of hydrogen-bond acceptors (Lipinski definition) is 3. The van der Waals surface area contributed by atoms with Crippen LogP contribution >= 0.6 is 0 Å². The molecule has 1 rings (SSSR count). The summed E-state index contributed by atoms with van der Waals surface area (Å²) in [5.41, 5.74) is 0. The predicted octanol–water partition coefficient (Wildman–Crippen LogP) is -0.967. The summed E-state index contributed by atoms with van der Waals surface area (Å²) in [5.74, 6) is 0. The van der Waals surface area contributed by atoms with Crippen molar-refractivity contribution in [3.05, 3.63) is 0 Å². The lowest BCUT2D eigenvalue weighted by Crippen LogP contribution is -1.86. The van der Waals surface area contributed by atoms with Gasteiger partial charge >= 0.3 is 15.4 Å². The van der Waals surface area contributed by atoms with E-state index in [0.29, 0.717) is 0 Å². The second-order valence-electron chi connectivity index (χ2n) is 0.521. The van der Waals surface area contributed by atoms with E-state index in [-0.39, 0.29) is 0 Å². The van der Waals surface area contributed by atoms with Gasteiger partial charge in [-0.3, -0.25) is 9.61 Å². The summed E-state index contributed by atoms with van der Waals surface area (Å²) < 4.78 is 4.25. The van der Waals surface area contributed by atoms with Gasteiger partial charge in [0, 0.05) is 0 Å². The molecule has 1 aliphatic rings. The summed E-state index contributed by atoms with van der Waals surface area (Å²) in [6.45, 7) is 0. The molecule has 1 saturated heterocycles. The summed E-state index contributed by atoms with van der Waals surface area (Å²) in [5, 5.41) is 0. The first kappa shape index (κ1) is 3.21. The van der Waals surface area contributed by atoms with Gasteiger partial charge in [0.2, 0.25) is 0 Å². The molecule has 3 nitrogen and oxygen atoms in total. The van der Waals surface area contributed by atoms with Gasteiger partial charge in [0.1, 0.15) is 0 Å². The maximum absolute atomic E-state index is 4.25. The summed E-state index contributed by atoms with van der Waals surface area (Å²) in [4.78, 5) is 8.08. The first-order valence-corrected chi connectivity index (χ1v) is 1.11. The van der Waals surface area contributed by atoms with Gasteiger partial charge in [-0.05, 0) is 0 Å². The van der Waals surface area contributed by atoms with E-state index < -0.39 is 0 Å². The van der Waals surface area contributed by atoms with Crippen LogP contribution in [0, 0.1) is 0 Å². The van der Waals surface area contributed by atoms with Crippen molar-refractivity contribution >= 4 is 15.4 Å². The Balaban J connectivity index is 2.08. The van der Waals surface area contributed by atoms with Crippen molar-refractivity contribution in [2.75, 3.05) is 0 Å². The van der Waals surface area contributed by atoms with Crippen LogP contribution in [0.5, 0.6) is 0 Å². The fourth-order valence-electron chi connectivity index (χ4n) is 0.113. The molecule has 0 aromatic rings. The third kappa shape index (κ3) is 0.645. The van der Waals surface area contributed by atoms with E-state index in [1.165, 1.54) is 0 Å². The van der Waals surface area contributed by atoms with Crippen LogP contribution in [0.4, 0.5) is 0 Å². The molecule has 0 N–H and O–H groups in total. The van der Waals surface area contributed by atoms with Crippen molar-refractivity contribution in [2.24, 2.45) is 0 Å². The average Bonchev–Trinajstić information content (AvgIpc) is 1.76. The molecule has 0 aromatic heterocycles. The fraction of sp³-hybridized carbons (Fsp3) is 0. The molecule has 0 amide bonds. The van der Waals surface area contributed by atoms with E-state index >= 15 is 0 Å². The normalized spacial score (nSPS) is 20.8. The zero-order chi connectivity index (χ0) is 3.54. The Kier molecular flexibility index (Phi) is 0.929. The smallest absolute Gasteiger partial charge is 0.452 e. The Hall–Kier alpha value is 0.00987. The van der Waals surface area contributed by atoms with Crippen LogP contribution < -0.4 is 0 Å². The van der Waals surface area contributed by atoms with Gasteiger partial charge in [0.05, 0.1) is 0 Å². The van der Waals surface area contributed by atoms with E-state index in [9.17, 15) is 0 Å². The third-order valence-electron chi connectivity index (χ3n) is 0.245. The highest BCUT2D eigenvalue weighted by atomic mass is 17.2. The average molecular weight is 69.6 g/mol. The lowest BCUT2D eigenvalue weighted by atomic mass is 10.3. The van der Waals surface area contributed by atoms with E-state index in [4.69, 9.17) is 0 Å². The minimum Gasteiger partial charge on any atom is -0.452 e. The minimum absolute atomic E-state index is 1.08. The highest BCUT2D eigenvalue weighted by Gasteiger charge is 2.06. The third-order valence-corrected chi connectivity index (χ3v) is 0.245. The Labute approximate surface area is 30.8 Å². The molecule has 5 heavy (non-hydrogen) atoms. The lowest BCUT2D eigenvalue weighted by Gasteiger charge is -1.73. The summed E-state index contributed by atoms with van der Waals surface area (Å²) in [7, 11) is 2.17. The van der Waals surface area contributed by atoms with E-state index in [1.807, 2.05) is 0 Å². The molecular weight excluding hydrogens is 69.6 g/mol. The molecule has 0 atom stereocenters. The van der Waals surface area contributed by atoms with Gasteiger partial charge in [-0.25, -0.2) is 0 Å². The van der Waals surface area contributed by atoms with Gasteiger partial charge in [0.15, 0.2) is 0 Å². The summed E-state index contributed by atoms with van der Waals surface area (Å²) in [6.07, 6.45) is 0. The van der Waals surface area contributed by atoms with E-state index in [2.05, 4.69) is 14.2 Å². The number of rotatable bonds is 0. The first-order valence-electron chi connectivity index (χ1n) is 1.11. The second kappa shape index (κ2) is 1.45. The molecule has 2 radical (unpaired) electrons. The molecule has 1 fully saturated rings. The zero-order valence-corrected chi connectivity index (χ0v) is 2.38. The highest BCUT2D eigenvalue weighted by Crippen LogP contribution is 1.82. The zero-order valence-electron chi connectivity index (χ0n) is 2.38. The standard InChI is InChI=1S/B2O3/c1-3-2-5-4-1. The molecule has 1 heterocycles. The molecule has 1 aliphatic heterocycles. The van der Waals surface area contributed by atoms with Crippen molar-refractivity contribution in [3.63, 3.8) is 0 Å². The van der Waals surface area contributed by atoms with Crippen molar-refractivity contribution in [1.82, 2.24) is 0 Å². The molecule has 24 valence electrons. The molecule has 0 spiro atoms. The Morgan fingerprint density at radius 1 is 1.00 bits per heavy atom. The molecule has 5 heteroatoms. The first-order chi connectivity index (χ1) is 2.50. The van der Waals surface area contributed by atoms with E-state index in [0.717, 1.165) is 15.4 Å². The Morgan fingerprint density at radius 3 is 1.80 bits per heavy atom. The second-order valence-corrected chi connectivity index (χ2v) is 0.521. The van der Waals surface area contributed by atoms with Crippen LogP contribution in [0.2, 0.25) is 0 Å². The van der Waals surface area contributed by atoms with Gasteiger partial charge in [-0.2, -0.15) is 0 Å². The van der Waals surface area contributed by atoms with Crippen LogP contribution in [0.15, 0.2) is 0 Å². The van der Waals surface area contributed by atoms with Gasteiger partial charge in [0.25, 0.3) is 0 Å². The van der Waals surface area contributed by atoms with Crippen molar-refractivity contribution < 1.29 is 14.2 Å². The van der Waals surface area contributed by atoms with Crippen molar-refractivity contribution in [2.45, 2.75) is 0 Å². The molecular formula is B2O3. The lowest BCUT2D eigenvalue weighted by molar-refractivity contribution is -0.0859. The molecule has 0 aromatic carbocycles. The minimum atomic E-state index is 1.08. The van der Waals surface area contributed by atoms with Gasteiger partial charge < -0.3 is 4.57 Å². The molecule has 0 bridgehead atoms. The maximum Gasteiger partial charge on any atom is 0.508 e. The Morgan fingerprint density at radius 2 is 1.60 bits per heavy atom. The quantitative estimate of drug-likeness (QED) is 0.271. The maximum atomic E-state index is 4.25. The van der Waals surface area contributed by atoms with Crippen LogP contribution in [-0.4, -0.2) is 15.4 Å². The number of hydrogen-bond donors (Lipinski definition) is 0. The Bertz CT molecular complexity index is 16.5. The topological polar surface area (TPSA) is 27.7 Å². The SMILES string of the molecule is [B]1O[B]OO1. The summed E-state index contributed by atoms with van der Waals surface area (Å²) >= 11 is 0. The molecule has 0 unspecified atom stereocenters. The van der Waals surface area contributed by atoms with Crippen LogP contribution in [0.1, 0.15) is 0 Å². The van der Waals surface area contributed by atoms with Crippen molar-refractivity contribution in [3.8, 4) is 0 Å². The van der Waals surface area contributed by atoms with Crippen LogP contribution in [0.25, 0.3) is 0 Å². The largest absolute Gasteiger partial charge is 0.508 e. The van der Waals surface area contributed by atoms with E-state index in [1.54, 1.807) is 0 Å². The summed E-state index contributed by atoms with van der Waals surface area (Å²) in [6, 6.07) is 0. The van der Waals surface area contributed by atoms with Crippen molar-refractivity contribution in [1.29, 1.82) is 0 Å².